The lowest BCUT2D eigenvalue weighted by atomic mass is 9.60. The minimum absolute atomic E-state index is 0.648. The molecule has 15 heteroatoms. The van der Waals surface area contributed by atoms with Crippen LogP contribution in [0.2, 0.25) is 0 Å². The van der Waals surface area contributed by atoms with Crippen LogP contribution in [-0.2, 0) is 0 Å². The number of furan rings is 1. The molecule has 3 aromatic heterocycles. The second kappa shape index (κ2) is 14.2. The molecular weight excluding hydrogens is 721 g/mol. The number of para-hydroxylation sites is 2. The van der Waals surface area contributed by atoms with Crippen LogP contribution in [0, 0.1) is 0 Å². The molecule has 0 fully saturated rings. The van der Waals surface area contributed by atoms with Gasteiger partial charge in [0, 0.05) is 43.9 Å². The molecular formula is C45H38B10N4O. The number of hydrogen-bond donors (Lipinski definition) is 0. The zero-order chi connectivity index (χ0) is 41.7. The number of aromatic nitrogens is 4. The second-order valence-electron chi connectivity index (χ2n) is 16.8. The van der Waals surface area contributed by atoms with E-state index >= 15 is 0 Å². The summed E-state index contributed by atoms with van der Waals surface area (Å²) in [6.45, 7) is 0. The fourth-order valence-electron chi connectivity index (χ4n) is 9.50. The summed E-state index contributed by atoms with van der Waals surface area (Å²) < 4.78 is 8.94. The molecule has 0 unspecified atom stereocenters. The third-order valence-corrected chi connectivity index (χ3v) is 13.8. The van der Waals surface area contributed by atoms with E-state index in [0.717, 1.165) is 55.4 Å². The first-order valence-corrected chi connectivity index (χ1v) is 20.9. The summed E-state index contributed by atoms with van der Waals surface area (Å²) in [6, 6.07) is 38.9. The van der Waals surface area contributed by atoms with Gasteiger partial charge in [-0.2, -0.15) is 0 Å². The molecule has 0 aliphatic carbocycles. The maximum absolute atomic E-state index is 6.59. The van der Waals surface area contributed by atoms with Gasteiger partial charge in [0.05, 0.1) is 11.0 Å². The fraction of sp³-hybridized carbons (Fsp3) is 0. The maximum atomic E-state index is 6.59. The first-order valence-electron chi connectivity index (χ1n) is 20.9. The average molecular weight is 759 g/mol. The molecule has 10 rings (SSSR count). The van der Waals surface area contributed by atoms with Gasteiger partial charge < -0.3 is 8.98 Å². The van der Waals surface area contributed by atoms with Crippen LogP contribution < -0.4 is 54.6 Å². The van der Waals surface area contributed by atoms with Gasteiger partial charge in [-0.15, -0.1) is 32.8 Å². The summed E-state index contributed by atoms with van der Waals surface area (Å²) in [6.07, 6.45) is 0. The van der Waals surface area contributed by atoms with Crippen molar-refractivity contribution in [1.82, 2.24) is 19.5 Å². The Labute approximate surface area is 359 Å². The van der Waals surface area contributed by atoms with Gasteiger partial charge in [-0.05, 0) is 71.8 Å². The molecule has 60 heavy (non-hydrogen) atoms. The van der Waals surface area contributed by atoms with Crippen molar-refractivity contribution < 1.29 is 4.42 Å². The van der Waals surface area contributed by atoms with Crippen molar-refractivity contribution >= 4 is 177 Å². The lowest BCUT2D eigenvalue weighted by Gasteiger charge is -2.22. The SMILES string of the molecule is Bc1c(B)c(B)c(-c2nc(-c3ccc4oc5cc(-c6ccc7c(c6)c6ccccc6n7-c6ccccc6)ccc5c4c3)nc(-c3c(B)c(B)c(B)c(B)c3B)n2)c(B)c1B. The first kappa shape index (κ1) is 38.0. The standard InChI is InChI=1S/C45H38B10N4O/c46-33-31(34(47)38(51)41(54)37(33)50)44-56-43(57-45(58-44)32-35(48)39(52)42(55)40(53)36(32)49)21-12-15-29-26(17-21)24-13-10-20(18-30(24)60-29)19-11-14-28-25(16-19)23-8-4-5-9-27(23)59(28)22-6-2-1-3-7-22/h1-18H,46-55H2. The quantitative estimate of drug-likeness (QED) is 0.165. The summed E-state index contributed by atoms with van der Waals surface area (Å²) in [7, 11) is 22.0. The van der Waals surface area contributed by atoms with Crippen molar-refractivity contribution in [1.29, 1.82) is 0 Å². The van der Waals surface area contributed by atoms with E-state index in [-0.39, 0.29) is 0 Å². The number of hydrogen-bond acceptors (Lipinski definition) is 4. The Morgan fingerprint density at radius 2 is 0.833 bits per heavy atom. The van der Waals surface area contributed by atoms with Crippen LogP contribution in [0.3, 0.4) is 0 Å². The number of benzene rings is 7. The van der Waals surface area contributed by atoms with Crippen molar-refractivity contribution in [2.45, 2.75) is 0 Å². The van der Waals surface area contributed by atoms with Gasteiger partial charge in [0.15, 0.2) is 17.5 Å². The Hall–Kier alpha value is -6.20. The van der Waals surface area contributed by atoms with Crippen molar-refractivity contribution in [3.8, 4) is 51.0 Å². The summed E-state index contributed by atoms with van der Waals surface area (Å²) in [4.78, 5) is 15.9. The Balaban J connectivity index is 1.12. The third kappa shape index (κ3) is 5.80. The van der Waals surface area contributed by atoms with Crippen LogP contribution >= 0.6 is 0 Å². The van der Waals surface area contributed by atoms with Crippen LogP contribution in [-0.4, -0.2) is 98.0 Å². The van der Waals surface area contributed by atoms with Crippen LogP contribution in [0.25, 0.3) is 94.7 Å². The van der Waals surface area contributed by atoms with Gasteiger partial charge in [-0.1, -0.05) is 70.4 Å². The molecule has 0 aliphatic heterocycles. The van der Waals surface area contributed by atoms with E-state index in [2.05, 4.69) is 192 Å². The monoisotopic (exact) mass is 760 g/mol. The lowest BCUT2D eigenvalue weighted by Crippen LogP contribution is -2.55. The topological polar surface area (TPSA) is 56.7 Å². The van der Waals surface area contributed by atoms with E-state index in [1.54, 1.807) is 0 Å². The Morgan fingerprint density at radius 1 is 0.350 bits per heavy atom. The second-order valence-corrected chi connectivity index (χ2v) is 16.8. The summed E-state index contributed by atoms with van der Waals surface area (Å²) in [5.41, 5.74) is 23.1. The summed E-state index contributed by atoms with van der Waals surface area (Å²) in [5.74, 6) is 2.06. The fourth-order valence-corrected chi connectivity index (χ4v) is 9.50. The minimum atomic E-state index is 0.648. The van der Waals surface area contributed by atoms with E-state index in [1.165, 1.54) is 76.4 Å². The van der Waals surface area contributed by atoms with Crippen molar-refractivity contribution in [2.24, 2.45) is 0 Å². The van der Waals surface area contributed by atoms with Crippen LogP contribution in [0.15, 0.2) is 114 Å². The number of nitrogens with zero attached hydrogens (tertiary/aromatic N) is 4. The van der Waals surface area contributed by atoms with Gasteiger partial charge in [0.1, 0.15) is 89.6 Å². The highest BCUT2D eigenvalue weighted by atomic mass is 16.3. The molecule has 0 spiro atoms. The smallest absolute Gasteiger partial charge is 0.164 e. The molecule has 0 bridgehead atoms. The molecule has 3 heterocycles. The summed E-state index contributed by atoms with van der Waals surface area (Å²) >= 11 is 0. The Bertz CT molecular complexity index is 3310. The minimum Gasteiger partial charge on any atom is -0.456 e. The van der Waals surface area contributed by atoms with Crippen molar-refractivity contribution in [3.63, 3.8) is 0 Å². The predicted octanol–water partition coefficient (Wildman–Crippen LogP) is -5.88. The lowest BCUT2D eigenvalue weighted by molar-refractivity contribution is 0.669. The van der Waals surface area contributed by atoms with Gasteiger partial charge in [-0.3, -0.25) is 0 Å². The summed E-state index contributed by atoms with van der Waals surface area (Å²) in [5, 5.41) is 4.54. The highest BCUT2D eigenvalue weighted by Crippen LogP contribution is 2.38. The Morgan fingerprint density at radius 3 is 1.47 bits per heavy atom. The molecule has 5 nitrogen and oxygen atoms in total. The molecule has 0 N–H and O–H groups in total. The zero-order valence-corrected chi connectivity index (χ0v) is 36.1. The maximum Gasteiger partial charge on any atom is 0.164 e. The molecule has 274 valence electrons. The first-order chi connectivity index (χ1) is 28.9. The molecule has 0 atom stereocenters. The zero-order valence-electron chi connectivity index (χ0n) is 36.1. The number of rotatable bonds is 5. The van der Waals surface area contributed by atoms with Crippen LogP contribution in [0.5, 0.6) is 0 Å². The van der Waals surface area contributed by atoms with Gasteiger partial charge in [-0.25, -0.2) is 15.0 Å². The molecule has 0 amide bonds. The highest BCUT2D eigenvalue weighted by molar-refractivity contribution is 6.70. The van der Waals surface area contributed by atoms with Crippen molar-refractivity contribution in [3.05, 3.63) is 109 Å². The van der Waals surface area contributed by atoms with E-state index in [4.69, 9.17) is 19.4 Å². The molecule has 0 saturated heterocycles. The normalized spacial score (nSPS) is 11.7. The molecule has 7 aromatic carbocycles. The molecule has 0 radical (unpaired) electrons. The molecule has 0 saturated carbocycles. The highest BCUT2D eigenvalue weighted by Gasteiger charge is 2.22. The average Bonchev–Trinajstić information content (AvgIpc) is 3.81. The Kier molecular flexibility index (Phi) is 9.02. The van der Waals surface area contributed by atoms with Crippen LogP contribution in [0.4, 0.5) is 0 Å². The van der Waals surface area contributed by atoms with Crippen molar-refractivity contribution in [2.75, 3.05) is 0 Å². The largest absolute Gasteiger partial charge is 0.456 e. The van der Waals surface area contributed by atoms with E-state index in [1.807, 2.05) is 0 Å². The molecule has 10 aromatic rings. The third-order valence-electron chi connectivity index (χ3n) is 13.8. The number of fused-ring (bicyclic) bond motifs is 6. The molecule has 0 aliphatic rings. The van der Waals surface area contributed by atoms with E-state index < -0.39 is 0 Å². The van der Waals surface area contributed by atoms with Gasteiger partial charge >= 0.3 is 0 Å². The predicted molar refractivity (Wildman–Crippen MR) is 285 cm³/mol. The van der Waals surface area contributed by atoms with E-state index in [0.29, 0.717) is 17.5 Å². The van der Waals surface area contributed by atoms with Gasteiger partial charge in [0.2, 0.25) is 0 Å². The van der Waals surface area contributed by atoms with Crippen LogP contribution in [0.1, 0.15) is 0 Å². The van der Waals surface area contributed by atoms with Gasteiger partial charge in [0.25, 0.3) is 0 Å². The van der Waals surface area contributed by atoms with E-state index in [9.17, 15) is 0 Å².